The fourth-order valence-corrected chi connectivity index (χ4v) is 4.60. The summed E-state index contributed by atoms with van der Waals surface area (Å²) in [5.74, 6) is 1.97. The van der Waals surface area contributed by atoms with Crippen molar-refractivity contribution in [3.63, 3.8) is 0 Å². The molecule has 1 atom stereocenters. The average Bonchev–Trinajstić information content (AvgIpc) is 3.30. The molecule has 2 N–H and O–H groups in total. The maximum atomic E-state index is 7.53. The molecule has 0 aliphatic carbocycles. The van der Waals surface area contributed by atoms with Crippen molar-refractivity contribution in [2.24, 2.45) is 4.99 Å². The summed E-state index contributed by atoms with van der Waals surface area (Å²) in [6, 6.07) is 0. The molecule has 0 bridgehead atoms. The second-order valence-corrected chi connectivity index (χ2v) is 7.79. The van der Waals surface area contributed by atoms with Gasteiger partial charge in [-0.15, -0.1) is 11.3 Å². The molecule has 7 nitrogen and oxygen atoms in total. The third-order valence-corrected chi connectivity index (χ3v) is 5.72. The van der Waals surface area contributed by atoms with E-state index in [-0.39, 0.29) is 0 Å². The van der Waals surface area contributed by atoms with E-state index in [9.17, 15) is 0 Å². The lowest BCUT2D eigenvalue weighted by Gasteiger charge is -2.29. The predicted octanol–water partition coefficient (Wildman–Crippen LogP) is 2.40. The number of hydrogen-bond donors (Lipinski definition) is 2. The van der Waals surface area contributed by atoms with E-state index in [0.29, 0.717) is 12.5 Å². The van der Waals surface area contributed by atoms with Crippen LogP contribution >= 0.6 is 11.3 Å². The summed E-state index contributed by atoms with van der Waals surface area (Å²) >= 11 is 1.75. The van der Waals surface area contributed by atoms with Crippen LogP contribution in [0.4, 0.5) is 0 Å². The molecule has 1 saturated heterocycles. The smallest absolute Gasteiger partial charge is 0.158 e. The molecule has 2 aromatic heterocycles. The lowest BCUT2D eigenvalue weighted by molar-refractivity contribution is 0.193. The maximum absolute atomic E-state index is 7.53. The van der Waals surface area contributed by atoms with E-state index in [0.717, 1.165) is 66.9 Å². The number of nitrogens with zero attached hydrogens (tertiary/aromatic N) is 4. The summed E-state index contributed by atoms with van der Waals surface area (Å²) in [5.41, 5.74) is 3.15. The highest BCUT2D eigenvalue weighted by molar-refractivity contribution is 7.11. The van der Waals surface area contributed by atoms with Gasteiger partial charge in [0.05, 0.1) is 29.5 Å². The monoisotopic (exact) mass is 358 g/mol. The zero-order valence-electron chi connectivity index (χ0n) is 14.5. The predicted molar refractivity (Wildman–Crippen MR) is 97.8 cm³/mol. The topological polar surface area (TPSA) is 90.2 Å². The summed E-state index contributed by atoms with van der Waals surface area (Å²) in [4.78, 5) is 20.6. The van der Waals surface area contributed by atoms with Crippen molar-refractivity contribution >= 4 is 23.5 Å². The third-order valence-electron chi connectivity index (χ3n) is 4.72. The molecule has 0 amide bonds. The van der Waals surface area contributed by atoms with Crippen molar-refractivity contribution in [3.05, 3.63) is 32.8 Å². The number of rotatable bonds is 3. The minimum Gasteiger partial charge on any atom is -0.381 e. The van der Waals surface area contributed by atoms with Crippen LogP contribution in [0.25, 0.3) is 0 Å². The van der Waals surface area contributed by atoms with Crippen molar-refractivity contribution in [1.29, 1.82) is 5.41 Å². The summed E-state index contributed by atoms with van der Waals surface area (Å²) in [6.07, 6.45) is 3.01. The zero-order valence-corrected chi connectivity index (χ0v) is 15.3. The van der Waals surface area contributed by atoms with E-state index in [1.165, 1.54) is 10.6 Å². The van der Waals surface area contributed by atoms with Gasteiger partial charge in [0.2, 0.25) is 0 Å². The Balaban J connectivity index is 1.69. The maximum Gasteiger partial charge on any atom is 0.158 e. The lowest BCUT2D eigenvalue weighted by atomic mass is 10.0. The molecule has 0 spiro atoms. The Kier molecular flexibility index (Phi) is 4.39. The Morgan fingerprint density at radius 3 is 3.08 bits per heavy atom. The molecule has 2 aliphatic heterocycles. The number of ether oxygens (including phenoxy) is 1. The van der Waals surface area contributed by atoms with Crippen LogP contribution in [0.1, 0.15) is 45.1 Å². The van der Waals surface area contributed by atoms with Gasteiger partial charge < -0.3 is 14.6 Å². The highest BCUT2D eigenvalue weighted by atomic mass is 32.1. The summed E-state index contributed by atoms with van der Waals surface area (Å²) in [7, 11) is 0. The number of hydrogen-bond acceptors (Lipinski definition) is 5. The number of fused-ring (bicyclic) bond motifs is 1. The number of aromatic nitrogens is 3. The Labute approximate surface area is 150 Å². The van der Waals surface area contributed by atoms with Crippen LogP contribution in [-0.2, 0) is 17.7 Å². The van der Waals surface area contributed by atoms with Gasteiger partial charge in [0.1, 0.15) is 17.9 Å². The summed E-state index contributed by atoms with van der Waals surface area (Å²) < 4.78 is 5.56. The second-order valence-electron chi connectivity index (χ2n) is 6.50. The third kappa shape index (κ3) is 3.11. The highest BCUT2D eigenvalue weighted by Gasteiger charge is 2.30. The van der Waals surface area contributed by atoms with Crippen molar-refractivity contribution in [2.45, 2.75) is 39.2 Å². The Morgan fingerprint density at radius 1 is 1.44 bits per heavy atom. The van der Waals surface area contributed by atoms with Gasteiger partial charge in [0, 0.05) is 30.4 Å². The van der Waals surface area contributed by atoms with Crippen LogP contribution in [0.15, 0.2) is 4.99 Å². The van der Waals surface area contributed by atoms with Crippen molar-refractivity contribution in [2.75, 3.05) is 19.8 Å². The first-order chi connectivity index (χ1) is 12.2. The number of imidazole rings is 1. The van der Waals surface area contributed by atoms with Crippen LogP contribution in [-0.4, -0.2) is 51.8 Å². The summed E-state index contributed by atoms with van der Waals surface area (Å²) in [6.45, 7) is 7.13. The SMILES string of the molecule is Cc1nc(C(=NC=N)N2CCc3nc(C)sc3C2)c(C2CCOC2)[nH]1. The fraction of sp³-hybridized carbons (Fsp3) is 0.529. The molecule has 1 fully saturated rings. The normalized spacial score (nSPS) is 20.8. The standard InChI is InChI=1S/C17H22N6OS/c1-10-20-15(12-4-6-24-8-12)16(21-10)17(19-9-18)23-5-3-13-14(7-23)25-11(2)22-13/h9,12,18H,3-8H2,1-2H3,(H,20,21). The molecule has 2 aromatic rings. The first-order valence-electron chi connectivity index (χ1n) is 8.57. The van der Waals surface area contributed by atoms with Crippen LogP contribution in [0, 0.1) is 19.3 Å². The van der Waals surface area contributed by atoms with E-state index in [2.05, 4.69) is 26.8 Å². The van der Waals surface area contributed by atoms with Gasteiger partial charge in [0.15, 0.2) is 5.84 Å². The van der Waals surface area contributed by atoms with E-state index >= 15 is 0 Å². The van der Waals surface area contributed by atoms with Gasteiger partial charge >= 0.3 is 0 Å². The molecule has 132 valence electrons. The van der Waals surface area contributed by atoms with Gasteiger partial charge in [-0.1, -0.05) is 0 Å². The molecular weight excluding hydrogens is 336 g/mol. The van der Waals surface area contributed by atoms with Gasteiger partial charge in [-0.05, 0) is 20.3 Å². The van der Waals surface area contributed by atoms with E-state index in [1.807, 2.05) is 6.92 Å². The van der Waals surface area contributed by atoms with Gasteiger partial charge in [-0.25, -0.2) is 15.0 Å². The summed E-state index contributed by atoms with van der Waals surface area (Å²) in [5, 5.41) is 8.63. The minimum absolute atomic E-state index is 0.318. The quantitative estimate of drug-likeness (QED) is 0.651. The second kappa shape index (κ2) is 6.68. The van der Waals surface area contributed by atoms with E-state index in [4.69, 9.17) is 15.1 Å². The van der Waals surface area contributed by atoms with Crippen molar-refractivity contribution < 1.29 is 4.74 Å². The first-order valence-corrected chi connectivity index (χ1v) is 9.39. The van der Waals surface area contributed by atoms with Crippen LogP contribution in [0.5, 0.6) is 0 Å². The van der Waals surface area contributed by atoms with Crippen LogP contribution < -0.4 is 0 Å². The number of amidine groups is 1. The molecule has 4 rings (SSSR count). The molecule has 25 heavy (non-hydrogen) atoms. The number of aromatic amines is 1. The number of nitrogens with one attached hydrogen (secondary N) is 2. The first kappa shape index (κ1) is 16.4. The van der Waals surface area contributed by atoms with E-state index < -0.39 is 0 Å². The molecule has 2 aliphatic rings. The molecule has 4 heterocycles. The highest BCUT2D eigenvalue weighted by Crippen LogP contribution is 2.30. The lowest BCUT2D eigenvalue weighted by Crippen LogP contribution is -2.37. The molecule has 1 unspecified atom stereocenters. The molecule has 8 heteroatoms. The van der Waals surface area contributed by atoms with Gasteiger partial charge in [0.25, 0.3) is 0 Å². The van der Waals surface area contributed by atoms with Gasteiger partial charge in [-0.3, -0.25) is 5.41 Å². The van der Waals surface area contributed by atoms with E-state index in [1.54, 1.807) is 11.3 Å². The van der Waals surface area contributed by atoms with Crippen molar-refractivity contribution in [1.82, 2.24) is 19.9 Å². The molecular formula is C17H22N6OS. The van der Waals surface area contributed by atoms with Crippen molar-refractivity contribution in [3.8, 4) is 0 Å². The number of thiazole rings is 1. The average molecular weight is 358 g/mol. The fourth-order valence-electron chi connectivity index (χ4n) is 3.60. The Bertz CT molecular complexity index is 817. The minimum atomic E-state index is 0.318. The molecule has 0 saturated carbocycles. The number of H-pyrrole nitrogens is 1. The van der Waals surface area contributed by atoms with Crippen LogP contribution in [0.3, 0.4) is 0 Å². The van der Waals surface area contributed by atoms with Gasteiger partial charge in [-0.2, -0.15) is 0 Å². The molecule has 0 aromatic carbocycles. The number of aliphatic imine (C=N–C) groups is 1. The van der Waals surface area contributed by atoms with Crippen LogP contribution in [0.2, 0.25) is 0 Å². The molecule has 0 radical (unpaired) electrons. The largest absolute Gasteiger partial charge is 0.381 e. The number of aryl methyl sites for hydroxylation is 2. The Hall–Kier alpha value is -2.06. The Morgan fingerprint density at radius 2 is 2.32 bits per heavy atom. The zero-order chi connectivity index (χ0) is 17.4.